The first-order valence-corrected chi connectivity index (χ1v) is 7.44. The topological polar surface area (TPSA) is 72.2 Å². The molecule has 2 atom stereocenters. The predicted octanol–water partition coefficient (Wildman–Crippen LogP) is 1.95. The number of amides is 2. The number of rotatable bonds is 6. The van der Waals surface area contributed by atoms with E-state index in [0.717, 1.165) is 12.8 Å². The van der Waals surface area contributed by atoms with Gasteiger partial charge >= 0.3 is 0 Å². The van der Waals surface area contributed by atoms with E-state index in [1.165, 1.54) is 5.56 Å². The highest BCUT2D eigenvalue weighted by molar-refractivity contribution is 5.80. The molecule has 0 saturated carbocycles. The highest BCUT2D eigenvalue weighted by atomic mass is 16.2. The molecule has 1 aliphatic carbocycles. The monoisotopic (exact) mass is 286 g/mol. The smallest absolute Gasteiger partial charge is 0.222 e. The van der Waals surface area contributed by atoms with E-state index in [0.29, 0.717) is 19.3 Å². The van der Waals surface area contributed by atoms with Crippen LogP contribution in [0.2, 0.25) is 0 Å². The van der Waals surface area contributed by atoms with Crippen LogP contribution in [0, 0.1) is 5.92 Å². The Bertz CT molecular complexity index is 511. The zero-order valence-corrected chi connectivity index (χ0v) is 12.1. The average molecular weight is 286 g/mol. The van der Waals surface area contributed by atoms with Crippen LogP contribution in [-0.4, -0.2) is 17.9 Å². The summed E-state index contributed by atoms with van der Waals surface area (Å²) in [6, 6.07) is 9.95. The zero-order valence-electron chi connectivity index (χ0n) is 12.1. The number of nitrogens with one attached hydrogen (secondary N) is 1. The largest absolute Gasteiger partial charge is 0.369 e. The summed E-state index contributed by atoms with van der Waals surface area (Å²) in [6.07, 6.45) is 7.41. The molecule has 4 heteroatoms. The van der Waals surface area contributed by atoms with Gasteiger partial charge in [-0.2, -0.15) is 0 Å². The van der Waals surface area contributed by atoms with Crippen LogP contribution < -0.4 is 11.1 Å². The van der Waals surface area contributed by atoms with Crippen LogP contribution >= 0.6 is 0 Å². The van der Waals surface area contributed by atoms with Crippen molar-refractivity contribution in [2.24, 2.45) is 11.7 Å². The molecule has 1 aliphatic rings. The Kier molecular flexibility index (Phi) is 5.55. The van der Waals surface area contributed by atoms with E-state index in [1.54, 1.807) is 0 Å². The second-order valence-corrected chi connectivity index (χ2v) is 5.46. The minimum Gasteiger partial charge on any atom is -0.369 e. The van der Waals surface area contributed by atoms with Crippen molar-refractivity contribution >= 4 is 11.8 Å². The van der Waals surface area contributed by atoms with Gasteiger partial charge in [0.25, 0.3) is 0 Å². The molecule has 0 radical (unpaired) electrons. The Labute approximate surface area is 125 Å². The summed E-state index contributed by atoms with van der Waals surface area (Å²) in [5.41, 5.74) is 6.62. The number of primary amides is 1. The van der Waals surface area contributed by atoms with Gasteiger partial charge in [-0.3, -0.25) is 9.59 Å². The number of benzene rings is 1. The molecule has 2 rings (SSSR count). The molecular formula is C17H22N2O2. The molecular weight excluding hydrogens is 264 g/mol. The molecule has 112 valence electrons. The van der Waals surface area contributed by atoms with Gasteiger partial charge in [0.2, 0.25) is 11.8 Å². The summed E-state index contributed by atoms with van der Waals surface area (Å²) in [4.78, 5) is 23.4. The average Bonchev–Trinajstić information content (AvgIpc) is 2.48. The lowest BCUT2D eigenvalue weighted by Gasteiger charge is -2.26. The summed E-state index contributed by atoms with van der Waals surface area (Å²) in [7, 11) is 0. The zero-order chi connectivity index (χ0) is 15.1. The maximum atomic E-state index is 12.0. The number of allylic oxidation sites excluding steroid dienone is 1. The number of hydrogen-bond acceptors (Lipinski definition) is 2. The van der Waals surface area contributed by atoms with E-state index >= 15 is 0 Å². The van der Waals surface area contributed by atoms with Crippen LogP contribution in [-0.2, 0) is 16.0 Å². The lowest BCUT2D eigenvalue weighted by atomic mass is 9.88. The van der Waals surface area contributed by atoms with Crippen LogP contribution in [0.15, 0.2) is 42.5 Å². The lowest BCUT2D eigenvalue weighted by Crippen LogP contribution is -2.46. The molecule has 0 saturated heterocycles. The summed E-state index contributed by atoms with van der Waals surface area (Å²) >= 11 is 0. The van der Waals surface area contributed by atoms with Gasteiger partial charge in [-0.15, -0.1) is 0 Å². The molecule has 0 bridgehead atoms. The summed E-state index contributed by atoms with van der Waals surface area (Å²) in [6.45, 7) is 0. The third kappa shape index (κ3) is 4.74. The van der Waals surface area contributed by atoms with Crippen molar-refractivity contribution in [2.75, 3.05) is 0 Å². The van der Waals surface area contributed by atoms with Crippen molar-refractivity contribution in [3.8, 4) is 0 Å². The molecule has 0 aromatic heterocycles. The number of nitrogens with two attached hydrogens (primary N) is 1. The van der Waals surface area contributed by atoms with Gasteiger partial charge < -0.3 is 11.1 Å². The van der Waals surface area contributed by atoms with Gasteiger partial charge in [0, 0.05) is 12.5 Å². The first kappa shape index (κ1) is 15.3. The maximum absolute atomic E-state index is 12.0. The molecule has 1 aromatic carbocycles. The second-order valence-electron chi connectivity index (χ2n) is 5.46. The lowest BCUT2D eigenvalue weighted by molar-refractivity contribution is -0.125. The molecule has 3 N–H and O–H groups in total. The van der Waals surface area contributed by atoms with Crippen LogP contribution in [0.5, 0.6) is 0 Å². The Balaban J connectivity index is 1.76. The summed E-state index contributed by atoms with van der Waals surface area (Å²) in [5.74, 6) is -0.625. The van der Waals surface area contributed by atoms with Crippen molar-refractivity contribution in [1.29, 1.82) is 0 Å². The third-order valence-corrected chi connectivity index (χ3v) is 3.86. The second kappa shape index (κ2) is 7.62. The molecule has 0 fully saturated rings. The minimum absolute atomic E-state index is 0.00233. The van der Waals surface area contributed by atoms with Gasteiger partial charge in [0.1, 0.15) is 0 Å². The SMILES string of the molecule is NC(=O)[C@@H]1CC=CC[C@H]1NC(=O)CCCc1ccccc1. The Morgan fingerprint density at radius 1 is 1.14 bits per heavy atom. The van der Waals surface area contributed by atoms with Gasteiger partial charge in [-0.05, 0) is 31.2 Å². The number of carbonyl (C=O) groups excluding carboxylic acids is 2. The van der Waals surface area contributed by atoms with Crippen molar-refractivity contribution in [3.63, 3.8) is 0 Å². The maximum Gasteiger partial charge on any atom is 0.222 e. The molecule has 0 heterocycles. The van der Waals surface area contributed by atoms with E-state index in [-0.39, 0.29) is 23.8 Å². The fraction of sp³-hybridized carbons (Fsp3) is 0.412. The van der Waals surface area contributed by atoms with Gasteiger partial charge in [-0.1, -0.05) is 42.5 Å². The fourth-order valence-electron chi connectivity index (χ4n) is 2.66. The molecule has 2 amide bonds. The first-order chi connectivity index (χ1) is 10.2. The van der Waals surface area contributed by atoms with E-state index < -0.39 is 0 Å². The third-order valence-electron chi connectivity index (χ3n) is 3.86. The van der Waals surface area contributed by atoms with Crippen molar-refractivity contribution in [2.45, 2.75) is 38.1 Å². The number of hydrogen-bond donors (Lipinski definition) is 2. The van der Waals surface area contributed by atoms with Crippen LogP contribution in [0.3, 0.4) is 0 Å². The van der Waals surface area contributed by atoms with Crippen LogP contribution in [0.25, 0.3) is 0 Å². The van der Waals surface area contributed by atoms with Gasteiger partial charge in [0.15, 0.2) is 0 Å². The van der Waals surface area contributed by atoms with Crippen molar-refractivity contribution < 1.29 is 9.59 Å². The molecule has 1 aromatic rings. The standard InChI is InChI=1S/C17H22N2O2/c18-17(21)14-10-4-5-11-15(14)19-16(20)12-6-9-13-7-2-1-3-8-13/h1-5,7-8,14-15H,6,9-12H2,(H2,18,21)(H,19,20)/t14-,15-/m1/s1. The highest BCUT2D eigenvalue weighted by Crippen LogP contribution is 2.19. The summed E-state index contributed by atoms with van der Waals surface area (Å²) < 4.78 is 0. The highest BCUT2D eigenvalue weighted by Gasteiger charge is 2.28. The molecule has 0 unspecified atom stereocenters. The van der Waals surface area contributed by atoms with Crippen molar-refractivity contribution in [3.05, 3.63) is 48.0 Å². The van der Waals surface area contributed by atoms with Crippen LogP contribution in [0.4, 0.5) is 0 Å². The first-order valence-electron chi connectivity index (χ1n) is 7.44. The van der Waals surface area contributed by atoms with E-state index in [9.17, 15) is 9.59 Å². The van der Waals surface area contributed by atoms with E-state index in [4.69, 9.17) is 5.73 Å². The quantitative estimate of drug-likeness (QED) is 0.784. The molecule has 21 heavy (non-hydrogen) atoms. The van der Waals surface area contributed by atoms with E-state index in [1.807, 2.05) is 30.4 Å². The van der Waals surface area contributed by atoms with Gasteiger partial charge in [-0.25, -0.2) is 0 Å². The van der Waals surface area contributed by atoms with Crippen LogP contribution in [0.1, 0.15) is 31.2 Å². The minimum atomic E-state index is -0.339. The Morgan fingerprint density at radius 3 is 2.57 bits per heavy atom. The fourth-order valence-corrected chi connectivity index (χ4v) is 2.66. The molecule has 0 spiro atoms. The number of aryl methyl sites for hydroxylation is 1. The Morgan fingerprint density at radius 2 is 1.86 bits per heavy atom. The molecule has 4 nitrogen and oxygen atoms in total. The predicted molar refractivity (Wildman–Crippen MR) is 82.4 cm³/mol. The van der Waals surface area contributed by atoms with E-state index in [2.05, 4.69) is 17.4 Å². The summed E-state index contributed by atoms with van der Waals surface area (Å²) in [5, 5.41) is 2.95. The Hall–Kier alpha value is -2.10. The number of carbonyl (C=O) groups is 2. The van der Waals surface area contributed by atoms with Crippen molar-refractivity contribution in [1.82, 2.24) is 5.32 Å². The molecule has 0 aliphatic heterocycles. The normalized spacial score (nSPS) is 21.0. The van der Waals surface area contributed by atoms with Gasteiger partial charge in [0.05, 0.1) is 5.92 Å².